The average Bonchev–Trinajstić information content (AvgIpc) is 3.23. The summed E-state index contributed by atoms with van der Waals surface area (Å²) in [5.74, 6) is -0.622. The van der Waals surface area contributed by atoms with Gasteiger partial charge in [-0.25, -0.2) is 9.18 Å². The Balaban J connectivity index is 1.29. The fourth-order valence-corrected chi connectivity index (χ4v) is 8.67. The number of aliphatic hydroxyl groups excluding tert-OH is 1. The van der Waals surface area contributed by atoms with Crippen molar-refractivity contribution in [3.05, 3.63) is 84.0 Å². The van der Waals surface area contributed by atoms with Gasteiger partial charge >= 0.3 is 5.97 Å². The van der Waals surface area contributed by atoms with Crippen molar-refractivity contribution in [2.45, 2.75) is 63.3 Å². The summed E-state index contributed by atoms with van der Waals surface area (Å²) in [6.45, 7) is 3.57. The van der Waals surface area contributed by atoms with Gasteiger partial charge in [-0.3, -0.25) is 9.59 Å². The van der Waals surface area contributed by atoms with Crippen LogP contribution in [0.1, 0.15) is 56.3 Å². The van der Waals surface area contributed by atoms with Crippen molar-refractivity contribution in [1.82, 2.24) is 0 Å². The van der Waals surface area contributed by atoms with Crippen molar-refractivity contribution >= 4 is 29.5 Å². The Morgan fingerprint density at radius 2 is 1.68 bits per heavy atom. The fourth-order valence-electron chi connectivity index (χ4n) is 8.26. The van der Waals surface area contributed by atoms with Crippen LogP contribution in [0.3, 0.4) is 0 Å². The van der Waals surface area contributed by atoms with Crippen molar-refractivity contribution in [2.24, 2.45) is 22.7 Å². The standard InChI is InChI=1S/C33H33FO6S/c1-30-16-14-22(35)18-21(30)10-13-26-25-15-17-32(29(38)41,31(25,2)19-27(36)33(26,30)34)40-28(37)20-8-11-24(12-9-20)39-23-6-4-3-5-7-23/h3-9,11-12,14,16,18,25-27,36H,10,13,15,17,19H2,1-2H3,(H,38,41)/t25-,26-,27-,30-,31-,32-,33-/m0/s1. The van der Waals surface area contributed by atoms with E-state index in [1.807, 2.05) is 37.3 Å². The first-order valence-corrected chi connectivity index (χ1v) is 14.5. The molecule has 0 amide bonds. The first-order valence-electron chi connectivity index (χ1n) is 14.1. The highest BCUT2D eigenvalue weighted by Crippen LogP contribution is 2.70. The maximum absolute atomic E-state index is 17.4. The zero-order chi connectivity index (χ0) is 29.2. The molecule has 0 unspecified atom stereocenters. The van der Waals surface area contributed by atoms with Crippen LogP contribution in [0.25, 0.3) is 0 Å². The maximum atomic E-state index is 17.4. The van der Waals surface area contributed by atoms with Crippen LogP contribution in [-0.4, -0.2) is 39.3 Å². The molecule has 3 fully saturated rings. The number of aliphatic hydroxyl groups is 1. The smallest absolute Gasteiger partial charge is 0.339 e. The van der Waals surface area contributed by atoms with Gasteiger partial charge in [0.1, 0.15) is 11.5 Å². The second-order valence-electron chi connectivity index (χ2n) is 12.3. The number of rotatable bonds is 5. The number of thiol groups is 1. The largest absolute Gasteiger partial charge is 0.457 e. The number of para-hydroxylation sites is 1. The minimum Gasteiger partial charge on any atom is -0.457 e. The number of hydrogen-bond acceptors (Lipinski definition) is 6. The Kier molecular flexibility index (Phi) is 6.58. The predicted molar refractivity (Wildman–Crippen MR) is 153 cm³/mol. The zero-order valence-corrected chi connectivity index (χ0v) is 23.9. The molecule has 0 spiro atoms. The van der Waals surface area contributed by atoms with Crippen molar-refractivity contribution in [1.29, 1.82) is 0 Å². The minimum atomic E-state index is -2.03. The molecule has 0 aliphatic heterocycles. The van der Waals surface area contributed by atoms with Crippen LogP contribution < -0.4 is 4.74 Å². The third-order valence-electron chi connectivity index (χ3n) is 10.4. The van der Waals surface area contributed by atoms with Gasteiger partial charge in [-0.15, -0.1) is 12.6 Å². The van der Waals surface area contributed by atoms with Gasteiger partial charge in [0.2, 0.25) is 5.12 Å². The number of carbonyl (C=O) groups excluding carboxylic acids is 3. The highest BCUT2D eigenvalue weighted by Gasteiger charge is 2.75. The molecular weight excluding hydrogens is 543 g/mol. The van der Waals surface area contributed by atoms with Gasteiger partial charge < -0.3 is 14.6 Å². The molecule has 4 aliphatic rings. The van der Waals surface area contributed by atoms with Crippen molar-refractivity contribution in [3.63, 3.8) is 0 Å². The molecule has 6 rings (SSSR count). The number of ether oxygens (including phenoxy) is 2. The van der Waals surface area contributed by atoms with Crippen LogP contribution in [0.4, 0.5) is 4.39 Å². The van der Waals surface area contributed by atoms with E-state index < -0.39 is 45.2 Å². The molecule has 0 saturated heterocycles. The molecule has 7 atom stereocenters. The van der Waals surface area contributed by atoms with Crippen LogP contribution >= 0.6 is 12.6 Å². The molecule has 4 aliphatic carbocycles. The maximum Gasteiger partial charge on any atom is 0.339 e. The summed E-state index contributed by atoms with van der Waals surface area (Å²) in [5.41, 5.74) is -4.92. The summed E-state index contributed by atoms with van der Waals surface area (Å²) in [6, 6.07) is 15.7. The number of esters is 1. The quantitative estimate of drug-likeness (QED) is 0.325. The summed E-state index contributed by atoms with van der Waals surface area (Å²) in [7, 11) is 0. The van der Waals surface area contributed by atoms with Gasteiger partial charge in [-0.05, 0) is 93.5 Å². The summed E-state index contributed by atoms with van der Waals surface area (Å²) >= 11 is 4.21. The van der Waals surface area contributed by atoms with E-state index >= 15 is 4.39 Å². The van der Waals surface area contributed by atoms with Crippen LogP contribution in [0.2, 0.25) is 0 Å². The predicted octanol–water partition coefficient (Wildman–Crippen LogP) is 6.20. The van der Waals surface area contributed by atoms with Gasteiger partial charge in [-0.1, -0.05) is 36.8 Å². The molecule has 214 valence electrons. The molecule has 2 aromatic carbocycles. The molecular formula is C33H33FO6S. The first kappa shape index (κ1) is 27.9. The number of ketones is 1. The molecule has 0 aromatic heterocycles. The van der Waals surface area contributed by atoms with E-state index in [9.17, 15) is 19.5 Å². The van der Waals surface area contributed by atoms with Crippen LogP contribution in [0, 0.1) is 22.7 Å². The van der Waals surface area contributed by atoms with Crippen molar-refractivity contribution in [3.8, 4) is 11.5 Å². The molecule has 6 nitrogen and oxygen atoms in total. The van der Waals surface area contributed by atoms with Gasteiger partial charge in [0.05, 0.1) is 11.7 Å². The zero-order valence-electron chi connectivity index (χ0n) is 23.0. The number of fused-ring (bicyclic) bond motifs is 5. The second kappa shape index (κ2) is 9.66. The Morgan fingerprint density at radius 3 is 2.37 bits per heavy atom. The van der Waals surface area contributed by atoms with E-state index in [4.69, 9.17) is 9.47 Å². The van der Waals surface area contributed by atoms with E-state index in [0.717, 1.165) is 0 Å². The molecule has 0 bridgehead atoms. The lowest BCUT2D eigenvalue weighted by Crippen LogP contribution is -2.69. The van der Waals surface area contributed by atoms with Crippen molar-refractivity contribution < 1.29 is 33.4 Å². The van der Waals surface area contributed by atoms with E-state index in [-0.39, 0.29) is 30.1 Å². The lowest BCUT2D eigenvalue weighted by atomic mass is 9.45. The first-order chi connectivity index (χ1) is 19.4. The van der Waals surface area contributed by atoms with Crippen LogP contribution in [0.5, 0.6) is 11.5 Å². The third kappa shape index (κ3) is 3.97. The topological polar surface area (TPSA) is 89.9 Å². The van der Waals surface area contributed by atoms with E-state index in [0.29, 0.717) is 36.3 Å². The normalized spacial score (nSPS) is 37.3. The van der Waals surface area contributed by atoms with Gasteiger partial charge in [-0.2, -0.15) is 0 Å². The lowest BCUT2D eigenvalue weighted by molar-refractivity contribution is -0.214. The molecule has 0 radical (unpaired) electrons. The number of halogens is 1. The number of alkyl halides is 1. The van der Waals surface area contributed by atoms with E-state index in [1.165, 1.54) is 12.2 Å². The SMILES string of the molecule is C[C@]12C=CC(=O)C=C1CC[C@H]1[C@@H]3CC[C@](OC(=O)c4ccc(Oc5ccccc5)cc4)(C(=O)S)[C@@]3(C)C[C@H](O)[C@@]12F. The number of carbonyl (C=O) groups is 3. The van der Waals surface area contributed by atoms with Gasteiger partial charge in [0.25, 0.3) is 0 Å². The molecule has 1 N–H and O–H groups in total. The monoisotopic (exact) mass is 576 g/mol. The number of hydrogen-bond donors (Lipinski definition) is 2. The summed E-state index contributed by atoms with van der Waals surface area (Å²) in [4.78, 5) is 38.8. The summed E-state index contributed by atoms with van der Waals surface area (Å²) < 4.78 is 29.2. The molecule has 8 heteroatoms. The number of allylic oxidation sites excluding steroid dienone is 4. The molecule has 0 heterocycles. The Hall–Kier alpha value is -3.23. The molecule has 3 saturated carbocycles. The van der Waals surface area contributed by atoms with Crippen LogP contribution in [0.15, 0.2) is 78.4 Å². The highest BCUT2D eigenvalue weighted by molar-refractivity contribution is 7.96. The van der Waals surface area contributed by atoms with Crippen LogP contribution in [-0.2, 0) is 14.3 Å². The van der Waals surface area contributed by atoms with Gasteiger partial charge in [0, 0.05) is 16.7 Å². The lowest BCUT2D eigenvalue weighted by Gasteiger charge is -2.62. The second-order valence-corrected chi connectivity index (χ2v) is 12.7. The van der Waals surface area contributed by atoms with E-state index in [2.05, 4.69) is 12.6 Å². The molecule has 41 heavy (non-hydrogen) atoms. The fraction of sp³-hybridized carbons (Fsp3) is 0.424. The van der Waals surface area contributed by atoms with Crippen molar-refractivity contribution in [2.75, 3.05) is 0 Å². The summed E-state index contributed by atoms with van der Waals surface area (Å²) in [5, 5.41) is 10.9. The highest BCUT2D eigenvalue weighted by atomic mass is 32.1. The Bertz CT molecular complexity index is 1470. The number of benzene rings is 2. The van der Waals surface area contributed by atoms with E-state index in [1.54, 1.807) is 37.3 Å². The molecule has 2 aromatic rings. The summed E-state index contributed by atoms with van der Waals surface area (Å²) in [6.07, 6.45) is 4.50. The Labute approximate surface area is 244 Å². The Morgan fingerprint density at radius 1 is 1.00 bits per heavy atom. The van der Waals surface area contributed by atoms with Gasteiger partial charge in [0.15, 0.2) is 17.1 Å². The average molecular weight is 577 g/mol. The minimum absolute atomic E-state index is 0.0846. The third-order valence-corrected chi connectivity index (χ3v) is 10.8.